The number of rotatable bonds is 12. The Morgan fingerprint density at radius 1 is 1.06 bits per heavy atom. The summed E-state index contributed by atoms with van der Waals surface area (Å²) in [7, 11) is 1.76. The Hall–Kier alpha value is -3.46. The molecule has 2 N–H and O–H groups in total. The third-order valence-corrected chi connectivity index (χ3v) is 4.93. The van der Waals surface area contributed by atoms with Gasteiger partial charge in [-0.15, -0.1) is 0 Å². The zero-order valence-corrected chi connectivity index (χ0v) is 19.2. The molecule has 0 radical (unpaired) electrons. The van der Waals surface area contributed by atoms with Gasteiger partial charge in [0.1, 0.15) is 11.5 Å². The highest BCUT2D eigenvalue weighted by Crippen LogP contribution is 2.18. The van der Waals surface area contributed by atoms with E-state index >= 15 is 0 Å². The molecule has 9 heteroatoms. The predicted molar refractivity (Wildman–Crippen MR) is 124 cm³/mol. The van der Waals surface area contributed by atoms with Crippen LogP contribution >= 0.6 is 0 Å². The van der Waals surface area contributed by atoms with Crippen LogP contribution in [0.3, 0.4) is 0 Å². The van der Waals surface area contributed by atoms with Crippen molar-refractivity contribution in [1.82, 2.24) is 4.90 Å². The van der Waals surface area contributed by atoms with Gasteiger partial charge in [-0.05, 0) is 48.6 Å². The van der Waals surface area contributed by atoms with E-state index in [0.29, 0.717) is 31.1 Å². The summed E-state index contributed by atoms with van der Waals surface area (Å²) in [6.07, 6.45) is 1.39. The molecule has 9 nitrogen and oxygen atoms in total. The lowest BCUT2D eigenvalue weighted by Crippen LogP contribution is -2.43. The van der Waals surface area contributed by atoms with Crippen LogP contribution in [0.1, 0.15) is 32.3 Å². The number of carbonyl (C=O) groups is 2. The van der Waals surface area contributed by atoms with Crippen LogP contribution in [0.4, 0.5) is 5.69 Å². The van der Waals surface area contributed by atoms with Crippen LogP contribution in [-0.2, 0) is 16.0 Å². The number of ether oxygens (including phenoxy) is 2. The molecule has 1 atom stereocenters. The topological polar surface area (TPSA) is 125 Å². The average molecular weight is 458 g/mol. The highest BCUT2D eigenvalue weighted by Gasteiger charge is 2.18. The van der Waals surface area contributed by atoms with Crippen molar-refractivity contribution in [2.24, 2.45) is 11.7 Å². The summed E-state index contributed by atoms with van der Waals surface area (Å²) in [5, 5.41) is 10.6. The molecule has 0 heterocycles. The third-order valence-electron chi connectivity index (χ3n) is 4.93. The van der Waals surface area contributed by atoms with E-state index in [-0.39, 0.29) is 30.4 Å². The van der Waals surface area contributed by atoms with Crippen molar-refractivity contribution in [3.8, 4) is 11.5 Å². The van der Waals surface area contributed by atoms with Gasteiger partial charge in [0.25, 0.3) is 5.69 Å². The number of amides is 1. The van der Waals surface area contributed by atoms with Gasteiger partial charge in [-0.25, -0.2) is 0 Å². The van der Waals surface area contributed by atoms with E-state index in [0.717, 1.165) is 5.56 Å². The molecule has 0 saturated heterocycles. The maximum Gasteiger partial charge on any atom is 0.314 e. The summed E-state index contributed by atoms with van der Waals surface area (Å²) in [6.45, 7) is 4.78. The Bertz CT molecular complexity index is 928. The van der Waals surface area contributed by atoms with Crippen LogP contribution in [0.2, 0.25) is 0 Å². The number of benzene rings is 2. The van der Waals surface area contributed by atoms with E-state index in [4.69, 9.17) is 15.2 Å². The van der Waals surface area contributed by atoms with Crippen LogP contribution in [0.15, 0.2) is 48.5 Å². The van der Waals surface area contributed by atoms with Crippen molar-refractivity contribution in [3.05, 3.63) is 64.2 Å². The van der Waals surface area contributed by atoms with Gasteiger partial charge in [0, 0.05) is 25.7 Å². The second-order valence-electron chi connectivity index (χ2n) is 8.21. The number of nitrogens with zero attached hydrogens (tertiary/aromatic N) is 2. The summed E-state index contributed by atoms with van der Waals surface area (Å²) >= 11 is 0. The number of non-ortho nitro benzene ring substituents is 1. The second kappa shape index (κ2) is 12.5. The Morgan fingerprint density at radius 2 is 1.67 bits per heavy atom. The lowest BCUT2D eigenvalue weighted by molar-refractivity contribution is -0.384. The molecule has 0 aliphatic carbocycles. The molecule has 1 unspecified atom stereocenters. The number of carbonyl (C=O) groups excluding carboxylic acids is 2. The zero-order valence-electron chi connectivity index (χ0n) is 19.2. The monoisotopic (exact) mass is 457 g/mol. The van der Waals surface area contributed by atoms with Gasteiger partial charge >= 0.3 is 5.97 Å². The fourth-order valence-corrected chi connectivity index (χ4v) is 3.12. The molecule has 33 heavy (non-hydrogen) atoms. The molecule has 0 saturated carbocycles. The summed E-state index contributed by atoms with van der Waals surface area (Å²) in [4.78, 5) is 36.0. The largest absolute Gasteiger partial charge is 0.493 e. The SMILES string of the molecule is CC(C)CC(N)C(=O)N(C)CCc1ccc(OCCC(=O)Oc2ccc([N+](=O)[O-])cc2)cc1. The lowest BCUT2D eigenvalue weighted by Gasteiger charge is -2.22. The molecule has 2 aromatic carbocycles. The number of hydrogen-bond acceptors (Lipinski definition) is 7. The number of nitro benzene ring substituents is 1. The number of nitro groups is 1. The quantitative estimate of drug-likeness (QED) is 0.224. The van der Waals surface area contributed by atoms with Crippen molar-refractivity contribution < 1.29 is 24.0 Å². The minimum Gasteiger partial charge on any atom is -0.493 e. The molecule has 0 fully saturated rings. The Balaban J connectivity index is 1.71. The summed E-state index contributed by atoms with van der Waals surface area (Å²) < 4.78 is 10.7. The highest BCUT2D eigenvalue weighted by molar-refractivity contribution is 5.81. The standard InChI is InChI=1S/C24H31N3O6/c1-17(2)16-22(25)24(29)26(3)14-12-18-4-8-20(9-5-18)32-15-13-23(28)33-21-10-6-19(7-11-21)27(30)31/h4-11,17,22H,12-16,25H2,1-3H3. The van der Waals surface area contributed by atoms with Crippen molar-refractivity contribution in [1.29, 1.82) is 0 Å². The van der Waals surface area contributed by atoms with Crippen LogP contribution in [0.5, 0.6) is 11.5 Å². The van der Waals surface area contributed by atoms with Crippen molar-refractivity contribution >= 4 is 17.6 Å². The van der Waals surface area contributed by atoms with Gasteiger partial charge in [-0.2, -0.15) is 0 Å². The Morgan fingerprint density at radius 3 is 2.24 bits per heavy atom. The van der Waals surface area contributed by atoms with Crippen LogP contribution < -0.4 is 15.2 Å². The Labute approximate surface area is 193 Å². The molecule has 2 aromatic rings. The van der Waals surface area contributed by atoms with E-state index in [1.165, 1.54) is 24.3 Å². The van der Waals surface area contributed by atoms with Gasteiger partial charge in [-0.1, -0.05) is 26.0 Å². The first-order valence-corrected chi connectivity index (χ1v) is 10.8. The molecular weight excluding hydrogens is 426 g/mol. The van der Waals surface area contributed by atoms with Gasteiger partial charge < -0.3 is 20.1 Å². The predicted octanol–water partition coefficient (Wildman–Crippen LogP) is 3.34. The number of likely N-dealkylation sites (N-methyl/N-ethyl adjacent to an activating group) is 1. The summed E-state index contributed by atoms with van der Waals surface area (Å²) in [6, 6.07) is 12.3. The molecule has 0 aliphatic rings. The number of esters is 1. The normalized spacial score (nSPS) is 11.7. The van der Waals surface area contributed by atoms with Crippen molar-refractivity contribution in [2.75, 3.05) is 20.2 Å². The maximum atomic E-state index is 12.3. The van der Waals surface area contributed by atoms with Crippen molar-refractivity contribution in [2.45, 2.75) is 39.2 Å². The second-order valence-corrected chi connectivity index (χ2v) is 8.21. The average Bonchev–Trinajstić information content (AvgIpc) is 2.77. The molecule has 0 spiro atoms. The first kappa shape index (κ1) is 25.8. The van der Waals surface area contributed by atoms with Crippen LogP contribution in [0, 0.1) is 16.0 Å². The summed E-state index contributed by atoms with van der Waals surface area (Å²) in [5.41, 5.74) is 6.95. The first-order valence-electron chi connectivity index (χ1n) is 10.8. The van der Waals surface area contributed by atoms with E-state index < -0.39 is 16.9 Å². The van der Waals surface area contributed by atoms with E-state index in [2.05, 4.69) is 0 Å². The van der Waals surface area contributed by atoms with Gasteiger partial charge in [0.05, 0.1) is 24.0 Å². The van der Waals surface area contributed by atoms with E-state index in [1.54, 1.807) is 11.9 Å². The summed E-state index contributed by atoms with van der Waals surface area (Å²) in [5.74, 6) is 0.677. The fraction of sp³-hybridized carbons (Fsp3) is 0.417. The Kier molecular flexibility index (Phi) is 9.81. The maximum absolute atomic E-state index is 12.3. The van der Waals surface area contributed by atoms with Crippen LogP contribution in [0.25, 0.3) is 0 Å². The third kappa shape index (κ3) is 8.89. The minimum absolute atomic E-state index is 0.0300. The fourth-order valence-electron chi connectivity index (χ4n) is 3.12. The molecule has 1 amide bonds. The molecule has 2 rings (SSSR count). The number of hydrogen-bond donors (Lipinski definition) is 1. The van der Waals surface area contributed by atoms with E-state index in [1.807, 2.05) is 38.1 Å². The minimum atomic E-state index is -0.522. The van der Waals surface area contributed by atoms with E-state index in [9.17, 15) is 19.7 Å². The molecular formula is C24H31N3O6. The van der Waals surface area contributed by atoms with Gasteiger partial charge in [0.2, 0.25) is 5.91 Å². The molecule has 0 aliphatic heterocycles. The first-order chi connectivity index (χ1) is 15.7. The lowest BCUT2D eigenvalue weighted by atomic mass is 10.0. The molecule has 178 valence electrons. The van der Waals surface area contributed by atoms with Crippen molar-refractivity contribution in [3.63, 3.8) is 0 Å². The van der Waals surface area contributed by atoms with Gasteiger partial charge in [0.15, 0.2) is 0 Å². The highest BCUT2D eigenvalue weighted by atomic mass is 16.6. The van der Waals surface area contributed by atoms with Gasteiger partial charge in [-0.3, -0.25) is 19.7 Å². The molecule has 0 bridgehead atoms. The molecule has 0 aromatic heterocycles. The smallest absolute Gasteiger partial charge is 0.314 e. The number of nitrogens with two attached hydrogens (primary N) is 1. The van der Waals surface area contributed by atoms with Crippen LogP contribution in [-0.4, -0.2) is 47.9 Å². The zero-order chi connectivity index (χ0) is 24.4.